The lowest BCUT2D eigenvalue weighted by atomic mass is 9.81. The lowest BCUT2D eigenvalue weighted by Gasteiger charge is -2.30. The van der Waals surface area contributed by atoms with Crippen LogP contribution in [-0.2, 0) is 4.79 Å². The fourth-order valence-corrected chi connectivity index (χ4v) is 2.63. The molecule has 1 aliphatic rings. The van der Waals surface area contributed by atoms with Crippen LogP contribution in [0.15, 0.2) is 0 Å². The van der Waals surface area contributed by atoms with Crippen LogP contribution in [0.2, 0.25) is 0 Å². The zero-order chi connectivity index (χ0) is 12.2. The van der Waals surface area contributed by atoms with Gasteiger partial charge in [0.1, 0.15) is 0 Å². The van der Waals surface area contributed by atoms with Crippen molar-refractivity contribution in [2.45, 2.75) is 58.9 Å². The quantitative estimate of drug-likeness (QED) is 0.754. The predicted molar refractivity (Wildman–Crippen MR) is 67.0 cm³/mol. The molecule has 2 atom stereocenters. The van der Waals surface area contributed by atoms with E-state index in [1.807, 2.05) is 13.8 Å². The number of nitrogens with two attached hydrogens (primary N) is 1. The average molecular weight is 226 g/mol. The second-order valence-corrected chi connectivity index (χ2v) is 5.28. The van der Waals surface area contributed by atoms with Crippen LogP contribution in [0.3, 0.4) is 0 Å². The highest BCUT2D eigenvalue weighted by molar-refractivity contribution is 5.83. The predicted octanol–water partition coefficient (Wildman–Crippen LogP) is 2.06. The molecular weight excluding hydrogens is 200 g/mol. The van der Waals surface area contributed by atoms with E-state index in [0.717, 1.165) is 31.6 Å². The zero-order valence-corrected chi connectivity index (χ0v) is 10.9. The van der Waals surface area contributed by atoms with Crippen LogP contribution >= 0.6 is 0 Å². The summed E-state index contributed by atoms with van der Waals surface area (Å²) in [5, 5.41) is 3.18. The van der Waals surface area contributed by atoms with Crippen molar-refractivity contribution in [3.05, 3.63) is 0 Å². The van der Waals surface area contributed by atoms with Gasteiger partial charge in [-0.25, -0.2) is 0 Å². The van der Waals surface area contributed by atoms with Gasteiger partial charge in [0.15, 0.2) is 0 Å². The fourth-order valence-electron chi connectivity index (χ4n) is 2.63. The van der Waals surface area contributed by atoms with E-state index in [0.29, 0.717) is 12.6 Å². The number of nitrogens with one attached hydrogen (secondary N) is 1. The molecule has 0 bridgehead atoms. The Labute approximate surface area is 99.2 Å². The van der Waals surface area contributed by atoms with E-state index in [1.165, 1.54) is 6.42 Å². The first-order chi connectivity index (χ1) is 7.57. The summed E-state index contributed by atoms with van der Waals surface area (Å²) in [6.45, 7) is 6.80. The van der Waals surface area contributed by atoms with Gasteiger partial charge in [-0.15, -0.1) is 0 Å². The van der Waals surface area contributed by atoms with E-state index >= 15 is 0 Å². The molecule has 0 heterocycles. The van der Waals surface area contributed by atoms with Gasteiger partial charge in [-0.05, 0) is 38.0 Å². The summed E-state index contributed by atoms with van der Waals surface area (Å²) < 4.78 is 0. The summed E-state index contributed by atoms with van der Waals surface area (Å²) in [5.74, 6) is 0.917. The lowest BCUT2D eigenvalue weighted by molar-refractivity contribution is -0.131. The third kappa shape index (κ3) is 2.76. The SMILES string of the molecule is CCC(CC)(CN)C(=O)NC1CCC(C)C1. The number of hydrogen-bond donors (Lipinski definition) is 2. The minimum Gasteiger partial charge on any atom is -0.353 e. The molecule has 0 aliphatic heterocycles. The summed E-state index contributed by atoms with van der Waals surface area (Å²) in [6.07, 6.45) is 5.14. The first-order valence-electron chi connectivity index (χ1n) is 6.59. The van der Waals surface area contributed by atoms with Crippen LogP contribution in [0.1, 0.15) is 52.9 Å². The number of carbonyl (C=O) groups excluding carboxylic acids is 1. The third-order valence-electron chi connectivity index (χ3n) is 4.26. The van der Waals surface area contributed by atoms with E-state index in [4.69, 9.17) is 5.73 Å². The Morgan fingerprint density at radius 1 is 1.38 bits per heavy atom. The number of rotatable bonds is 5. The van der Waals surface area contributed by atoms with Gasteiger partial charge < -0.3 is 11.1 Å². The Hall–Kier alpha value is -0.570. The molecule has 1 amide bonds. The van der Waals surface area contributed by atoms with Gasteiger partial charge in [0.05, 0.1) is 5.41 Å². The van der Waals surface area contributed by atoms with Crippen molar-refractivity contribution in [3.63, 3.8) is 0 Å². The van der Waals surface area contributed by atoms with Crippen LogP contribution in [0.5, 0.6) is 0 Å². The van der Waals surface area contributed by atoms with Gasteiger partial charge in [-0.1, -0.05) is 20.8 Å². The average Bonchev–Trinajstić information content (AvgIpc) is 2.67. The van der Waals surface area contributed by atoms with E-state index in [1.54, 1.807) is 0 Å². The molecule has 0 aromatic rings. The van der Waals surface area contributed by atoms with E-state index in [9.17, 15) is 4.79 Å². The van der Waals surface area contributed by atoms with Gasteiger partial charge >= 0.3 is 0 Å². The molecule has 0 aromatic carbocycles. The first kappa shape index (κ1) is 13.5. The zero-order valence-electron chi connectivity index (χ0n) is 10.9. The van der Waals surface area contributed by atoms with Crippen LogP contribution < -0.4 is 11.1 Å². The molecule has 16 heavy (non-hydrogen) atoms. The Balaban J connectivity index is 2.55. The maximum Gasteiger partial charge on any atom is 0.227 e. The standard InChI is InChI=1S/C13H26N2O/c1-4-13(5-2,9-14)12(16)15-11-7-6-10(3)8-11/h10-11H,4-9,14H2,1-3H3,(H,15,16). The van der Waals surface area contributed by atoms with Gasteiger partial charge in [-0.3, -0.25) is 4.79 Å². The second-order valence-electron chi connectivity index (χ2n) is 5.28. The van der Waals surface area contributed by atoms with Crippen LogP contribution in [0, 0.1) is 11.3 Å². The first-order valence-corrected chi connectivity index (χ1v) is 6.59. The van der Waals surface area contributed by atoms with Crippen LogP contribution in [-0.4, -0.2) is 18.5 Å². The molecule has 3 heteroatoms. The fraction of sp³-hybridized carbons (Fsp3) is 0.923. The molecule has 0 spiro atoms. The molecular formula is C13H26N2O. The van der Waals surface area contributed by atoms with Crippen molar-refractivity contribution in [2.75, 3.05) is 6.54 Å². The topological polar surface area (TPSA) is 55.1 Å². The smallest absolute Gasteiger partial charge is 0.227 e. The van der Waals surface area contributed by atoms with Crippen molar-refractivity contribution >= 4 is 5.91 Å². The summed E-state index contributed by atoms with van der Waals surface area (Å²) in [6, 6.07) is 0.381. The van der Waals surface area contributed by atoms with E-state index in [-0.39, 0.29) is 11.3 Å². The minimum absolute atomic E-state index is 0.166. The van der Waals surface area contributed by atoms with Gasteiger partial charge in [-0.2, -0.15) is 0 Å². The highest BCUT2D eigenvalue weighted by Gasteiger charge is 2.35. The monoisotopic (exact) mass is 226 g/mol. The molecule has 1 rings (SSSR count). The minimum atomic E-state index is -0.341. The Kier molecular flexibility index (Phi) is 4.78. The van der Waals surface area contributed by atoms with Gasteiger partial charge in [0, 0.05) is 12.6 Å². The van der Waals surface area contributed by atoms with Crippen molar-refractivity contribution in [1.82, 2.24) is 5.32 Å². The molecule has 0 aromatic heterocycles. The number of carbonyl (C=O) groups is 1. The van der Waals surface area contributed by atoms with Crippen molar-refractivity contribution < 1.29 is 4.79 Å². The molecule has 1 aliphatic carbocycles. The maximum absolute atomic E-state index is 12.2. The summed E-state index contributed by atoms with van der Waals surface area (Å²) >= 11 is 0. The van der Waals surface area contributed by atoms with E-state index < -0.39 is 0 Å². The molecule has 3 nitrogen and oxygen atoms in total. The molecule has 0 radical (unpaired) electrons. The molecule has 1 fully saturated rings. The molecule has 2 unspecified atom stereocenters. The summed E-state index contributed by atoms with van der Waals surface area (Å²) in [5.41, 5.74) is 5.43. The van der Waals surface area contributed by atoms with Crippen LogP contribution in [0.4, 0.5) is 0 Å². The van der Waals surface area contributed by atoms with Gasteiger partial charge in [0.25, 0.3) is 0 Å². The van der Waals surface area contributed by atoms with Crippen molar-refractivity contribution in [2.24, 2.45) is 17.1 Å². The third-order valence-corrected chi connectivity index (χ3v) is 4.26. The van der Waals surface area contributed by atoms with Crippen molar-refractivity contribution in [3.8, 4) is 0 Å². The Morgan fingerprint density at radius 3 is 2.38 bits per heavy atom. The molecule has 0 saturated heterocycles. The van der Waals surface area contributed by atoms with Gasteiger partial charge in [0.2, 0.25) is 5.91 Å². The number of amides is 1. The maximum atomic E-state index is 12.2. The second kappa shape index (κ2) is 5.67. The number of hydrogen-bond acceptors (Lipinski definition) is 2. The van der Waals surface area contributed by atoms with E-state index in [2.05, 4.69) is 12.2 Å². The summed E-state index contributed by atoms with van der Waals surface area (Å²) in [4.78, 5) is 12.2. The summed E-state index contributed by atoms with van der Waals surface area (Å²) in [7, 11) is 0. The lowest BCUT2D eigenvalue weighted by Crippen LogP contribution is -2.48. The normalized spacial score (nSPS) is 25.8. The van der Waals surface area contributed by atoms with Crippen molar-refractivity contribution in [1.29, 1.82) is 0 Å². The molecule has 3 N–H and O–H groups in total. The molecule has 94 valence electrons. The highest BCUT2D eigenvalue weighted by atomic mass is 16.2. The highest BCUT2D eigenvalue weighted by Crippen LogP contribution is 2.28. The molecule has 1 saturated carbocycles. The Bertz CT molecular complexity index is 228. The Morgan fingerprint density at radius 2 is 2.00 bits per heavy atom. The van der Waals surface area contributed by atoms with Crippen LogP contribution in [0.25, 0.3) is 0 Å². The largest absolute Gasteiger partial charge is 0.353 e.